The number of carbonyl (C=O) groups is 2. The highest BCUT2D eigenvalue weighted by Gasteiger charge is 2.33. The van der Waals surface area contributed by atoms with Crippen LogP contribution in [0.15, 0.2) is 36.4 Å². The number of amides is 2. The van der Waals surface area contributed by atoms with Gasteiger partial charge in [0.05, 0.1) is 27.0 Å². The van der Waals surface area contributed by atoms with Gasteiger partial charge in [0.1, 0.15) is 12.6 Å². The van der Waals surface area contributed by atoms with Gasteiger partial charge in [0.15, 0.2) is 0 Å². The Balaban J connectivity index is 1.96. The zero-order valence-corrected chi connectivity index (χ0v) is 25.1. The summed E-state index contributed by atoms with van der Waals surface area (Å²) in [7, 11) is -3.94. The number of halogens is 4. The number of sulfonamides is 1. The number of benzene rings is 2. The average molecular weight is 623 g/mol. The molecule has 208 valence electrons. The third-order valence-electron chi connectivity index (χ3n) is 6.53. The van der Waals surface area contributed by atoms with Gasteiger partial charge in [0.2, 0.25) is 21.8 Å². The monoisotopic (exact) mass is 621 g/mol. The molecule has 0 aliphatic heterocycles. The van der Waals surface area contributed by atoms with Crippen molar-refractivity contribution < 1.29 is 18.0 Å². The second-order valence-electron chi connectivity index (χ2n) is 9.40. The normalized spacial score (nSPS) is 15.1. The molecule has 38 heavy (non-hydrogen) atoms. The van der Waals surface area contributed by atoms with Crippen LogP contribution in [-0.4, -0.2) is 50.0 Å². The summed E-state index contributed by atoms with van der Waals surface area (Å²) in [6.07, 6.45) is 6.29. The molecule has 2 amide bonds. The fraction of sp³-hybridized carbons (Fsp3) is 0.462. The maximum Gasteiger partial charge on any atom is 0.244 e. The van der Waals surface area contributed by atoms with E-state index in [1.54, 1.807) is 18.2 Å². The molecule has 2 aromatic carbocycles. The van der Waals surface area contributed by atoms with Crippen LogP contribution in [0.3, 0.4) is 0 Å². The first kappa shape index (κ1) is 30.8. The number of nitrogens with one attached hydrogen (secondary N) is 1. The van der Waals surface area contributed by atoms with E-state index in [9.17, 15) is 18.0 Å². The lowest BCUT2D eigenvalue weighted by atomic mass is 9.95. The zero-order valence-electron chi connectivity index (χ0n) is 21.2. The first-order valence-electron chi connectivity index (χ1n) is 12.4. The second-order valence-corrected chi connectivity index (χ2v) is 13.0. The highest BCUT2D eigenvalue weighted by atomic mass is 35.5. The summed E-state index contributed by atoms with van der Waals surface area (Å²) in [5, 5.41) is 4.13. The fourth-order valence-corrected chi connectivity index (χ4v) is 6.18. The Kier molecular flexibility index (Phi) is 11.0. The van der Waals surface area contributed by atoms with E-state index in [1.807, 2.05) is 6.92 Å². The molecule has 0 spiro atoms. The van der Waals surface area contributed by atoms with E-state index in [1.165, 1.54) is 23.1 Å². The number of anilines is 1. The largest absolute Gasteiger partial charge is 0.352 e. The predicted molar refractivity (Wildman–Crippen MR) is 155 cm³/mol. The molecule has 1 aliphatic rings. The molecular formula is C26H31Cl4N3O4S. The van der Waals surface area contributed by atoms with E-state index in [2.05, 4.69) is 5.32 Å². The van der Waals surface area contributed by atoms with Crippen molar-refractivity contribution in [2.75, 3.05) is 17.1 Å². The Labute approximate surface area is 244 Å². The third kappa shape index (κ3) is 8.15. The molecule has 7 nitrogen and oxygen atoms in total. The van der Waals surface area contributed by atoms with Crippen molar-refractivity contribution in [3.8, 4) is 0 Å². The highest BCUT2D eigenvalue weighted by molar-refractivity contribution is 7.92. The van der Waals surface area contributed by atoms with Crippen LogP contribution >= 0.6 is 46.4 Å². The van der Waals surface area contributed by atoms with Gasteiger partial charge in [-0.3, -0.25) is 13.9 Å². The molecular weight excluding hydrogens is 592 g/mol. The number of carbonyl (C=O) groups excluding carboxylic acids is 2. The van der Waals surface area contributed by atoms with E-state index in [0.717, 1.165) is 42.7 Å². The second kappa shape index (κ2) is 13.6. The molecule has 0 bridgehead atoms. The molecule has 12 heteroatoms. The quantitative estimate of drug-likeness (QED) is 0.336. The standard InChI is InChI=1S/C26H31Cl4N3O4S/c1-3-23(26(35)31-19-7-5-4-6-8-19)32(15-17-9-11-20(28)22(30)13-17)25(34)16-33(38(2,36)37)24-14-18(27)10-12-21(24)29/h9-14,19,23H,3-8,15-16H2,1-2H3,(H,31,35). The van der Waals surface area contributed by atoms with E-state index in [4.69, 9.17) is 46.4 Å². The van der Waals surface area contributed by atoms with Crippen molar-refractivity contribution in [1.29, 1.82) is 0 Å². The number of hydrogen-bond acceptors (Lipinski definition) is 4. The Morgan fingerprint density at radius 2 is 1.63 bits per heavy atom. The van der Waals surface area contributed by atoms with Crippen LogP contribution in [0.5, 0.6) is 0 Å². The SMILES string of the molecule is CCC(C(=O)NC1CCCCC1)N(Cc1ccc(Cl)c(Cl)c1)C(=O)CN(c1cc(Cl)ccc1Cl)S(C)(=O)=O. The Morgan fingerprint density at radius 3 is 2.24 bits per heavy atom. The lowest BCUT2D eigenvalue weighted by molar-refractivity contribution is -0.140. The summed E-state index contributed by atoms with van der Waals surface area (Å²) in [4.78, 5) is 28.6. The minimum absolute atomic E-state index is 0.0210. The molecule has 0 saturated heterocycles. The van der Waals surface area contributed by atoms with E-state index < -0.39 is 28.5 Å². The first-order chi connectivity index (χ1) is 17.9. The molecule has 0 aromatic heterocycles. The smallest absolute Gasteiger partial charge is 0.244 e. The molecule has 1 aliphatic carbocycles. The zero-order chi connectivity index (χ0) is 28.0. The lowest BCUT2D eigenvalue weighted by Gasteiger charge is -2.34. The summed E-state index contributed by atoms with van der Waals surface area (Å²) < 4.78 is 26.4. The van der Waals surface area contributed by atoms with E-state index in [0.29, 0.717) is 22.0 Å². The summed E-state index contributed by atoms with van der Waals surface area (Å²) in [6.45, 7) is 1.25. The molecule has 1 saturated carbocycles. The summed E-state index contributed by atoms with van der Waals surface area (Å²) in [5.41, 5.74) is 0.715. The fourth-order valence-electron chi connectivity index (χ4n) is 4.57. The minimum Gasteiger partial charge on any atom is -0.352 e. The first-order valence-corrected chi connectivity index (χ1v) is 15.7. The Hall–Kier alpha value is -1.71. The number of rotatable bonds is 10. The van der Waals surface area contributed by atoms with Crippen LogP contribution in [-0.2, 0) is 26.2 Å². The molecule has 1 N–H and O–H groups in total. The Morgan fingerprint density at radius 1 is 0.974 bits per heavy atom. The molecule has 1 fully saturated rings. The van der Waals surface area contributed by atoms with Gasteiger partial charge >= 0.3 is 0 Å². The van der Waals surface area contributed by atoms with E-state index in [-0.39, 0.29) is 34.2 Å². The van der Waals surface area contributed by atoms with E-state index >= 15 is 0 Å². The van der Waals surface area contributed by atoms with Crippen LogP contribution < -0.4 is 9.62 Å². The van der Waals surface area contributed by atoms with Crippen LogP contribution in [0.1, 0.15) is 51.0 Å². The molecule has 0 radical (unpaired) electrons. The molecule has 0 heterocycles. The summed E-state index contributed by atoms with van der Waals surface area (Å²) >= 11 is 24.7. The molecule has 1 atom stereocenters. The maximum absolute atomic E-state index is 13.8. The summed E-state index contributed by atoms with van der Waals surface area (Å²) in [5.74, 6) is -0.859. The van der Waals surface area contributed by atoms with Crippen molar-refractivity contribution in [1.82, 2.24) is 10.2 Å². The van der Waals surface area contributed by atoms with Crippen molar-refractivity contribution in [3.05, 3.63) is 62.1 Å². The number of nitrogens with zero attached hydrogens (tertiary/aromatic N) is 2. The summed E-state index contributed by atoms with van der Waals surface area (Å²) in [6, 6.07) is 8.52. The third-order valence-corrected chi connectivity index (χ3v) is 8.95. The van der Waals surface area contributed by atoms with Gasteiger partial charge in [0.25, 0.3) is 0 Å². The lowest BCUT2D eigenvalue weighted by Crippen LogP contribution is -2.54. The number of hydrogen-bond donors (Lipinski definition) is 1. The average Bonchev–Trinajstić information content (AvgIpc) is 2.86. The van der Waals surface area contributed by atoms with Crippen LogP contribution in [0, 0.1) is 0 Å². The van der Waals surface area contributed by atoms with Gasteiger partial charge in [-0.15, -0.1) is 0 Å². The van der Waals surface area contributed by atoms with Gasteiger partial charge in [-0.1, -0.05) is 78.7 Å². The van der Waals surface area contributed by atoms with Gasteiger partial charge < -0.3 is 10.2 Å². The van der Waals surface area contributed by atoms with Gasteiger partial charge in [0, 0.05) is 17.6 Å². The highest BCUT2D eigenvalue weighted by Crippen LogP contribution is 2.31. The molecule has 1 unspecified atom stereocenters. The van der Waals surface area contributed by atoms with Crippen LogP contribution in [0.25, 0.3) is 0 Å². The molecule has 3 rings (SSSR count). The van der Waals surface area contributed by atoms with Crippen LogP contribution in [0.4, 0.5) is 5.69 Å². The van der Waals surface area contributed by atoms with Crippen molar-refractivity contribution in [3.63, 3.8) is 0 Å². The topological polar surface area (TPSA) is 86.8 Å². The van der Waals surface area contributed by atoms with Gasteiger partial charge in [-0.2, -0.15) is 0 Å². The van der Waals surface area contributed by atoms with Crippen molar-refractivity contribution in [2.45, 2.75) is 64.1 Å². The predicted octanol–water partition coefficient (Wildman–Crippen LogP) is 6.32. The Bertz CT molecular complexity index is 1270. The maximum atomic E-state index is 13.8. The minimum atomic E-state index is -3.94. The van der Waals surface area contributed by atoms with Crippen molar-refractivity contribution in [2.24, 2.45) is 0 Å². The van der Waals surface area contributed by atoms with Gasteiger partial charge in [-0.25, -0.2) is 8.42 Å². The van der Waals surface area contributed by atoms with Crippen molar-refractivity contribution >= 4 is 73.9 Å². The molecule has 2 aromatic rings. The van der Waals surface area contributed by atoms with Crippen LogP contribution in [0.2, 0.25) is 20.1 Å². The van der Waals surface area contributed by atoms with Gasteiger partial charge in [-0.05, 0) is 55.2 Å².